The lowest BCUT2D eigenvalue weighted by atomic mass is 9.98. The van der Waals surface area contributed by atoms with Gasteiger partial charge >= 0.3 is 0 Å². The predicted octanol–water partition coefficient (Wildman–Crippen LogP) is 4.99. The van der Waals surface area contributed by atoms with E-state index in [0.717, 1.165) is 35.9 Å². The third-order valence-electron chi connectivity index (χ3n) is 4.65. The molecule has 2 nitrogen and oxygen atoms in total. The molecule has 0 bridgehead atoms. The van der Waals surface area contributed by atoms with Crippen molar-refractivity contribution in [1.82, 2.24) is 4.98 Å². The molecule has 112 valence electrons. The van der Waals surface area contributed by atoms with Crippen LogP contribution in [0.3, 0.4) is 0 Å². The second kappa shape index (κ2) is 6.65. The summed E-state index contributed by atoms with van der Waals surface area (Å²) in [5.74, 6) is 2.50. The second-order valence-electron chi connectivity index (χ2n) is 5.99. The first-order valence-electron chi connectivity index (χ1n) is 8.01. The number of rotatable bonds is 3. The Bertz CT molecular complexity index is 611. The number of halogens is 1. The summed E-state index contributed by atoms with van der Waals surface area (Å²) in [4.78, 5) is 7.35. The Balaban J connectivity index is 1.94. The van der Waals surface area contributed by atoms with E-state index in [1.165, 1.54) is 31.1 Å². The number of benzene rings is 1. The molecule has 1 unspecified atom stereocenters. The maximum absolute atomic E-state index is 6.18. The first-order chi connectivity index (χ1) is 10.3. The molecule has 0 spiro atoms. The monoisotopic (exact) mass is 302 g/mol. The largest absolute Gasteiger partial charge is 0.356 e. The third kappa shape index (κ3) is 3.16. The summed E-state index contributed by atoms with van der Waals surface area (Å²) in [6, 6.07) is 10.5. The van der Waals surface area contributed by atoms with E-state index in [4.69, 9.17) is 16.6 Å². The van der Waals surface area contributed by atoms with Crippen LogP contribution in [0.2, 0.25) is 0 Å². The van der Waals surface area contributed by atoms with Crippen molar-refractivity contribution < 1.29 is 0 Å². The van der Waals surface area contributed by atoms with Crippen molar-refractivity contribution in [1.29, 1.82) is 0 Å². The van der Waals surface area contributed by atoms with Crippen LogP contribution in [0, 0.1) is 5.92 Å². The minimum absolute atomic E-state index is 0.529. The molecule has 0 amide bonds. The van der Waals surface area contributed by atoms with E-state index in [1.807, 2.05) is 0 Å². The number of hydrogen-bond donors (Lipinski definition) is 0. The minimum atomic E-state index is 0.529. The van der Waals surface area contributed by atoms with Crippen LogP contribution in [0.25, 0.3) is 10.9 Å². The highest BCUT2D eigenvalue weighted by molar-refractivity contribution is 6.17. The van der Waals surface area contributed by atoms with Gasteiger partial charge in [-0.2, -0.15) is 0 Å². The number of aromatic nitrogens is 1. The molecule has 1 aromatic carbocycles. The normalized spacial score (nSPS) is 19.7. The Hall–Kier alpha value is -1.28. The van der Waals surface area contributed by atoms with Gasteiger partial charge in [-0.05, 0) is 37.3 Å². The van der Waals surface area contributed by atoms with Crippen LogP contribution in [0.15, 0.2) is 30.3 Å². The van der Waals surface area contributed by atoms with Gasteiger partial charge in [0.15, 0.2) is 0 Å². The van der Waals surface area contributed by atoms with E-state index in [-0.39, 0.29) is 0 Å². The van der Waals surface area contributed by atoms with Gasteiger partial charge in [-0.25, -0.2) is 4.98 Å². The highest BCUT2D eigenvalue weighted by Gasteiger charge is 2.19. The SMILES string of the molecule is CCC1CCCN(c2nc3ccccc3cc2CCl)CC1. The van der Waals surface area contributed by atoms with Gasteiger partial charge in [-0.1, -0.05) is 31.5 Å². The summed E-state index contributed by atoms with van der Waals surface area (Å²) in [7, 11) is 0. The number of nitrogens with zero attached hydrogens (tertiary/aromatic N) is 2. The highest BCUT2D eigenvalue weighted by Crippen LogP contribution is 2.29. The molecule has 1 fully saturated rings. The highest BCUT2D eigenvalue weighted by atomic mass is 35.5. The minimum Gasteiger partial charge on any atom is -0.356 e. The Morgan fingerprint density at radius 3 is 2.90 bits per heavy atom. The molecule has 1 saturated heterocycles. The number of alkyl halides is 1. The van der Waals surface area contributed by atoms with E-state index in [9.17, 15) is 0 Å². The molecule has 2 heterocycles. The van der Waals surface area contributed by atoms with Crippen LogP contribution in [-0.2, 0) is 5.88 Å². The Morgan fingerprint density at radius 2 is 2.10 bits per heavy atom. The second-order valence-corrected chi connectivity index (χ2v) is 6.26. The summed E-state index contributed by atoms with van der Waals surface area (Å²) in [5, 5.41) is 1.18. The van der Waals surface area contributed by atoms with E-state index in [2.05, 4.69) is 42.2 Å². The molecule has 0 radical (unpaired) electrons. The number of fused-ring (bicyclic) bond motifs is 1. The van der Waals surface area contributed by atoms with Gasteiger partial charge in [-0.15, -0.1) is 11.6 Å². The van der Waals surface area contributed by atoms with Crippen LogP contribution in [0.4, 0.5) is 5.82 Å². The maximum atomic E-state index is 6.18. The fraction of sp³-hybridized carbons (Fsp3) is 0.500. The first kappa shape index (κ1) is 14.6. The van der Waals surface area contributed by atoms with Gasteiger partial charge in [0.05, 0.1) is 11.4 Å². The third-order valence-corrected chi connectivity index (χ3v) is 4.94. The lowest BCUT2D eigenvalue weighted by Gasteiger charge is -2.24. The molecule has 1 aliphatic heterocycles. The van der Waals surface area contributed by atoms with Crippen LogP contribution >= 0.6 is 11.6 Å². The molecule has 3 rings (SSSR count). The van der Waals surface area contributed by atoms with Crippen molar-refractivity contribution in [2.45, 2.75) is 38.5 Å². The standard InChI is InChI=1S/C18H23ClN2/c1-2-14-6-5-10-21(11-9-14)18-16(13-19)12-15-7-3-4-8-17(15)20-18/h3-4,7-8,12,14H,2,5-6,9-11,13H2,1H3. The zero-order valence-corrected chi connectivity index (χ0v) is 13.4. The van der Waals surface area contributed by atoms with Gasteiger partial charge in [0.1, 0.15) is 5.82 Å². The fourth-order valence-corrected chi connectivity index (χ4v) is 3.50. The van der Waals surface area contributed by atoms with Gasteiger partial charge in [0.2, 0.25) is 0 Å². The molecule has 1 atom stereocenters. The molecular formula is C18H23ClN2. The average molecular weight is 303 g/mol. The maximum Gasteiger partial charge on any atom is 0.133 e. The van der Waals surface area contributed by atoms with Crippen molar-refractivity contribution in [2.75, 3.05) is 18.0 Å². The van der Waals surface area contributed by atoms with Crippen LogP contribution in [0.5, 0.6) is 0 Å². The molecule has 21 heavy (non-hydrogen) atoms. The average Bonchev–Trinajstić information content (AvgIpc) is 2.79. The van der Waals surface area contributed by atoms with Gasteiger partial charge in [0.25, 0.3) is 0 Å². The fourth-order valence-electron chi connectivity index (χ4n) is 3.31. The molecule has 3 heteroatoms. The van der Waals surface area contributed by atoms with Crippen molar-refractivity contribution in [3.05, 3.63) is 35.9 Å². The number of pyridine rings is 1. The van der Waals surface area contributed by atoms with E-state index in [0.29, 0.717) is 5.88 Å². The lowest BCUT2D eigenvalue weighted by Crippen LogP contribution is -2.26. The molecule has 0 aliphatic carbocycles. The summed E-state index contributed by atoms with van der Waals surface area (Å²) in [6.45, 7) is 4.51. The zero-order valence-electron chi connectivity index (χ0n) is 12.7. The van der Waals surface area contributed by atoms with Crippen molar-refractivity contribution in [3.8, 4) is 0 Å². The summed E-state index contributed by atoms with van der Waals surface area (Å²) in [6.07, 6.45) is 5.17. The van der Waals surface area contributed by atoms with Gasteiger partial charge in [-0.3, -0.25) is 0 Å². The van der Waals surface area contributed by atoms with E-state index < -0.39 is 0 Å². The van der Waals surface area contributed by atoms with Crippen molar-refractivity contribution in [2.24, 2.45) is 5.92 Å². The Kier molecular flexibility index (Phi) is 4.64. The summed E-state index contributed by atoms with van der Waals surface area (Å²) >= 11 is 6.18. The molecule has 1 aromatic heterocycles. The smallest absolute Gasteiger partial charge is 0.133 e. The van der Waals surface area contributed by atoms with Crippen LogP contribution < -0.4 is 4.90 Å². The van der Waals surface area contributed by atoms with Crippen molar-refractivity contribution >= 4 is 28.3 Å². The zero-order chi connectivity index (χ0) is 14.7. The van der Waals surface area contributed by atoms with Crippen molar-refractivity contribution in [3.63, 3.8) is 0 Å². The topological polar surface area (TPSA) is 16.1 Å². The van der Waals surface area contributed by atoms with Crippen LogP contribution in [0.1, 0.15) is 38.2 Å². The Morgan fingerprint density at radius 1 is 1.24 bits per heavy atom. The number of anilines is 1. The molecule has 0 N–H and O–H groups in total. The number of hydrogen-bond acceptors (Lipinski definition) is 2. The Labute approximate surface area is 132 Å². The number of para-hydroxylation sites is 1. The molecule has 1 aliphatic rings. The summed E-state index contributed by atoms with van der Waals surface area (Å²) < 4.78 is 0. The summed E-state index contributed by atoms with van der Waals surface area (Å²) in [5.41, 5.74) is 2.22. The van der Waals surface area contributed by atoms with Gasteiger partial charge in [0, 0.05) is 24.0 Å². The van der Waals surface area contributed by atoms with E-state index in [1.54, 1.807) is 0 Å². The lowest BCUT2D eigenvalue weighted by molar-refractivity contribution is 0.459. The molecule has 0 saturated carbocycles. The van der Waals surface area contributed by atoms with Crippen LogP contribution in [-0.4, -0.2) is 18.1 Å². The van der Waals surface area contributed by atoms with Gasteiger partial charge < -0.3 is 4.90 Å². The quantitative estimate of drug-likeness (QED) is 0.743. The first-order valence-corrected chi connectivity index (χ1v) is 8.55. The molecular weight excluding hydrogens is 280 g/mol. The molecule has 2 aromatic rings. The predicted molar refractivity (Wildman–Crippen MR) is 91.1 cm³/mol. The van der Waals surface area contributed by atoms with E-state index >= 15 is 0 Å².